The van der Waals surface area contributed by atoms with Crippen molar-refractivity contribution >= 4 is 6.21 Å². The first-order valence-electron chi connectivity index (χ1n) is 9.40. The van der Waals surface area contributed by atoms with E-state index in [1.54, 1.807) is 26.4 Å². The van der Waals surface area contributed by atoms with E-state index >= 15 is 0 Å². The maximum absolute atomic E-state index is 10.3. The van der Waals surface area contributed by atoms with E-state index in [1.807, 2.05) is 12.1 Å². The largest absolute Gasteiger partial charge is 0.505 e. The first-order chi connectivity index (χ1) is 13.1. The quantitative estimate of drug-likeness (QED) is 0.645. The molecule has 1 saturated heterocycles. The maximum Gasteiger partial charge on any atom is 0.145 e. The molecule has 6 heteroatoms. The molecule has 0 radical (unpaired) electrons. The molecule has 6 nitrogen and oxygen atoms in total. The zero-order valence-corrected chi connectivity index (χ0v) is 16.0. The number of hydrogen-bond donors (Lipinski definition) is 3. The van der Waals surface area contributed by atoms with Gasteiger partial charge in [-0.3, -0.25) is 9.98 Å². The predicted molar refractivity (Wildman–Crippen MR) is 105 cm³/mol. The Morgan fingerprint density at radius 3 is 2.81 bits per heavy atom. The summed E-state index contributed by atoms with van der Waals surface area (Å²) in [4.78, 5) is 10.3. The number of hydrogen-bond acceptors (Lipinski definition) is 5. The predicted octanol–water partition coefficient (Wildman–Crippen LogP) is 1.44. The van der Waals surface area contributed by atoms with Gasteiger partial charge < -0.3 is 19.8 Å². The van der Waals surface area contributed by atoms with Crippen LogP contribution in [0.3, 0.4) is 0 Å². The Kier molecular flexibility index (Phi) is 6.42. The summed E-state index contributed by atoms with van der Waals surface area (Å²) in [6, 6.07) is 8.41. The number of likely N-dealkylation sites (tertiary alicyclic amines) is 1. The van der Waals surface area contributed by atoms with Crippen LogP contribution in [0.4, 0.5) is 0 Å². The fourth-order valence-corrected chi connectivity index (χ4v) is 3.68. The highest BCUT2D eigenvalue weighted by Crippen LogP contribution is 2.23. The number of rotatable bonds is 7. The lowest BCUT2D eigenvalue weighted by molar-refractivity contribution is -0.918. The van der Waals surface area contributed by atoms with Gasteiger partial charge in [0.05, 0.1) is 39.0 Å². The summed E-state index contributed by atoms with van der Waals surface area (Å²) in [5.74, 6) is 0.932. The summed E-state index contributed by atoms with van der Waals surface area (Å²) < 4.78 is 5.39. The van der Waals surface area contributed by atoms with E-state index in [2.05, 4.69) is 22.1 Å². The van der Waals surface area contributed by atoms with Gasteiger partial charge in [0, 0.05) is 41.9 Å². The Bertz CT molecular complexity index is 801. The molecule has 2 aromatic rings. The molecule has 0 saturated carbocycles. The van der Waals surface area contributed by atoms with Gasteiger partial charge in [-0.1, -0.05) is 12.1 Å². The molecule has 3 rings (SSSR count). The number of nitrogens with one attached hydrogen (secondary N) is 1. The highest BCUT2D eigenvalue weighted by molar-refractivity contribution is 5.85. The minimum absolute atomic E-state index is 0.0803. The summed E-state index contributed by atoms with van der Waals surface area (Å²) in [6.45, 7) is 4.44. The number of quaternary nitrogens is 1. The first kappa shape index (κ1) is 19.3. The molecule has 3 N–H and O–H groups in total. The Morgan fingerprint density at radius 2 is 2.11 bits per heavy atom. The van der Waals surface area contributed by atoms with Crippen LogP contribution in [0.2, 0.25) is 0 Å². The SMILES string of the molecule is COc1cccc([C@@H](CN=Cc2c(CO)cnc(C)c2O)[NH+]2CCCC2)c1. The fraction of sp³-hybridized carbons (Fsp3) is 0.429. The third-order valence-corrected chi connectivity index (χ3v) is 5.27. The molecular weight excluding hydrogens is 342 g/mol. The van der Waals surface area contributed by atoms with Crippen LogP contribution in [-0.4, -0.2) is 48.2 Å². The minimum Gasteiger partial charge on any atom is -0.505 e. The molecule has 27 heavy (non-hydrogen) atoms. The molecular formula is C21H28N3O3+. The molecule has 1 aliphatic rings. The van der Waals surface area contributed by atoms with Crippen molar-refractivity contribution in [1.29, 1.82) is 0 Å². The van der Waals surface area contributed by atoms with Crippen molar-refractivity contribution < 1.29 is 19.8 Å². The van der Waals surface area contributed by atoms with Crippen LogP contribution < -0.4 is 9.64 Å². The Labute approximate surface area is 160 Å². The molecule has 1 aromatic heterocycles. The number of benzene rings is 1. The molecule has 0 spiro atoms. The second-order valence-electron chi connectivity index (χ2n) is 6.98. The molecule has 0 bridgehead atoms. The molecule has 0 aliphatic carbocycles. The van der Waals surface area contributed by atoms with Crippen molar-refractivity contribution in [2.24, 2.45) is 4.99 Å². The van der Waals surface area contributed by atoms with Crippen LogP contribution in [0.5, 0.6) is 11.5 Å². The number of aliphatic hydroxyl groups excluding tert-OH is 1. The lowest BCUT2D eigenvalue weighted by Crippen LogP contribution is -3.10. The van der Waals surface area contributed by atoms with Crippen molar-refractivity contribution in [3.05, 3.63) is 52.8 Å². The molecule has 2 heterocycles. The fourth-order valence-electron chi connectivity index (χ4n) is 3.68. The second kappa shape index (κ2) is 8.97. The van der Waals surface area contributed by atoms with Gasteiger partial charge in [-0.25, -0.2) is 0 Å². The van der Waals surface area contributed by atoms with Gasteiger partial charge in [-0.05, 0) is 19.1 Å². The number of aliphatic hydroxyl groups is 1. The summed E-state index contributed by atoms with van der Waals surface area (Å²) in [7, 11) is 1.68. The molecule has 1 aromatic carbocycles. The third kappa shape index (κ3) is 4.46. The normalized spacial score (nSPS) is 16.1. The van der Waals surface area contributed by atoms with E-state index in [0.717, 1.165) is 18.8 Å². The van der Waals surface area contributed by atoms with Crippen molar-refractivity contribution in [2.75, 3.05) is 26.7 Å². The third-order valence-electron chi connectivity index (χ3n) is 5.27. The van der Waals surface area contributed by atoms with Crippen molar-refractivity contribution in [3.8, 4) is 11.5 Å². The Hall–Kier alpha value is -2.44. The van der Waals surface area contributed by atoms with E-state index in [1.165, 1.54) is 23.3 Å². The van der Waals surface area contributed by atoms with Crippen LogP contribution >= 0.6 is 0 Å². The number of pyridine rings is 1. The van der Waals surface area contributed by atoms with Gasteiger partial charge in [0.2, 0.25) is 0 Å². The standard InChI is InChI=1S/C21H27N3O3/c1-15-21(26)19(17(14-25)11-23-15)12-22-13-20(24-8-3-4-9-24)16-6-5-7-18(10-16)27-2/h5-7,10-12,20,25-26H,3-4,8-9,13-14H2,1-2H3/p+1/t20-/m1/s1. The summed E-state index contributed by atoms with van der Waals surface area (Å²) in [6.07, 6.45) is 5.72. The Balaban J connectivity index is 1.85. The van der Waals surface area contributed by atoms with Crippen molar-refractivity contribution in [1.82, 2.24) is 4.98 Å². The lowest BCUT2D eigenvalue weighted by atomic mass is 10.0. The summed E-state index contributed by atoms with van der Waals surface area (Å²) >= 11 is 0. The zero-order chi connectivity index (χ0) is 19.2. The lowest BCUT2D eigenvalue weighted by Gasteiger charge is -2.24. The number of aromatic nitrogens is 1. The molecule has 0 amide bonds. The summed E-state index contributed by atoms with van der Waals surface area (Å²) in [5.41, 5.74) is 2.86. The average Bonchev–Trinajstić information content (AvgIpc) is 3.22. The van der Waals surface area contributed by atoms with Gasteiger partial charge in [0.25, 0.3) is 0 Å². The first-order valence-corrected chi connectivity index (χ1v) is 9.40. The monoisotopic (exact) mass is 370 g/mol. The minimum atomic E-state index is -0.182. The number of ether oxygens (including phenoxy) is 1. The van der Waals surface area contributed by atoms with Crippen LogP contribution in [0, 0.1) is 6.92 Å². The van der Waals surface area contributed by atoms with Crippen LogP contribution in [0.1, 0.15) is 41.3 Å². The molecule has 1 aliphatic heterocycles. The van der Waals surface area contributed by atoms with Gasteiger partial charge >= 0.3 is 0 Å². The number of aryl methyl sites for hydroxylation is 1. The highest BCUT2D eigenvalue weighted by Gasteiger charge is 2.27. The number of methoxy groups -OCH3 is 1. The average molecular weight is 370 g/mol. The smallest absolute Gasteiger partial charge is 0.145 e. The van der Waals surface area contributed by atoms with Crippen molar-refractivity contribution in [3.63, 3.8) is 0 Å². The second-order valence-corrected chi connectivity index (χ2v) is 6.98. The van der Waals surface area contributed by atoms with E-state index in [-0.39, 0.29) is 18.4 Å². The van der Waals surface area contributed by atoms with Gasteiger partial charge in [0.15, 0.2) is 0 Å². The molecule has 144 valence electrons. The molecule has 1 fully saturated rings. The van der Waals surface area contributed by atoms with Crippen molar-refractivity contribution in [2.45, 2.75) is 32.4 Å². The highest BCUT2D eigenvalue weighted by atomic mass is 16.5. The van der Waals surface area contributed by atoms with Gasteiger partial charge in [0.1, 0.15) is 17.5 Å². The van der Waals surface area contributed by atoms with Crippen LogP contribution in [0.15, 0.2) is 35.5 Å². The van der Waals surface area contributed by atoms with E-state index in [9.17, 15) is 10.2 Å². The van der Waals surface area contributed by atoms with E-state index in [0.29, 0.717) is 23.4 Å². The van der Waals surface area contributed by atoms with Gasteiger partial charge in [-0.2, -0.15) is 0 Å². The topological polar surface area (TPSA) is 79.4 Å². The molecule has 1 atom stereocenters. The van der Waals surface area contributed by atoms with E-state index < -0.39 is 0 Å². The number of aliphatic imine (C=N–C) groups is 1. The van der Waals surface area contributed by atoms with Gasteiger partial charge in [-0.15, -0.1) is 0 Å². The zero-order valence-electron chi connectivity index (χ0n) is 16.0. The number of nitrogens with zero attached hydrogens (tertiary/aromatic N) is 2. The number of aromatic hydroxyl groups is 1. The van der Waals surface area contributed by atoms with E-state index in [4.69, 9.17) is 4.74 Å². The maximum atomic E-state index is 10.3. The Morgan fingerprint density at radius 1 is 1.33 bits per heavy atom. The van der Waals surface area contributed by atoms with Crippen LogP contribution in [0.25, 0.3) is 0 Å². The van der Waals surface area contributed by atoms with Crippen LogP contribution in [-0.2, 0) is 6.61 Å². The molecule has 0 unspecified atom stereocenters. The summed E-state index contributed by atoms with van der Waals surface area (Å²) in [5, 5.41) is 19.8.